The Kier molecular flexibility index (Phi) is 6.79. The molecule has 2 heterocycles. The van der Waals surface area contributed by atoms with Crippen molar-refractivity contribution in [2.45, 2.75) is 6.92 Å². The molecule has 170 valence electrons. The second-order valence-corrected chi connectivity index (χ2v) is 7.92. The Bertz CT molecular complexity index is 1390. The summed E-state index contributed by atoms with van der Waals surface area (Å²) in [5, 5.41) is 3.42. The molecule has 8 nitrogen and oxygen atoms in total. The minimum absolute atomic E-state index is 0.0798. The molecule has 2 aromatic carbocycles. The third kappa shape index (κ3) is 5.36. The molecule has 0 saturated carbocycles. The number of pyridine rings is 2. The van der Waals surface area contributed by atoms with Gasteiger partial charge in [-0.2, -0.15) is 0 Å². The minimum atomic E-state index is -0.610. The van der Waals surface area contributed by atoms with Gasteiger partial charge in [0.1, 0.15) is 5.69 Å². The molecule has 34 heavy (non-hydrogen) atoms. The smallest absolute Gasteiger partial charge is 0.270 e. The summed E-state index contributed by atoms with van der Waals surface area (Å²) in [4.78, 5) is 45.8. The van der Waals surface area contributed by atoms with Crippen molar-refractivity contribution in [3.05, 3.63) is 94.8 Å². The van der Waals surface area contributed by atoms with Gasteiger partial charge in [0.25, 0.3) is 17.7 Å². The van der Waals surface area contributed by atoms with Crippen LogP contribution in [0.25, 0.3) is 22.2 Å². The predicted octanol–water partition coefficient (Wildman–Crippen LogP) is 3.45. The zero-order valence-electron chi connectivity index (χ0n) is 18.1. The fourth-order valence-corrected chi connectivity index (χ4v) is 3.41. The number of amides is 3. The molecule has 0 aliphatic carbocycles. The van der Waals surface area contributed by atoms with Crippen LogP contribution in [0.15, 0.2) is 72.9 Å². The number of fused-ring (bicyclic) bond motifs is 1. The molecule has 2 aromatic heterocycles. The predicted molar refractivity (Wildman–Crippen MR) is 129 cm³/mol. The summed E-state index contributed by atoms with van der Waals surface area (Å²) in [5.41, 5.74) is 8.41. The highest BCUT2D eigenvalue weighted by Crippen LogP contribution is 2.25. The number of hydrazine groups is 1. The van der Waals surface area contributed by atoms with Crippen molar-refractivity contribution in [2.75, 3.05) is 6.54 Å². The van der Waals surface area contributed by atoms with Gasteiger partial charge in [0.05, 0.1) is 23.3 Å². The largest absolute Gasteiger partial charge is 0.342 e. The van der Waals surface area contributed by atoms with Crippen molar-refractivity contribution in [1.29, 1.82) is 0 Å². The van der Waals surface area contributed by atoms with Crippen molar-refractivity contribution >= 4 is 40.2 Å². The lowest BCUT2D eigenvalue weighted by Crippen LogP contribution is -2.46. The molecule has 0 spiro atoms. The van der Waals surface area contributed by atoms with Crippen LogP contribution in [0.4, 0.5) is 0 Å². The van der Waals surface area contributed by atoms with Crippen molar-refractivity contribution in [1.82, 2.24) is 26.1 Å². The summed E-state index contributed by atoms with van der Waals surface area (Å²) in [6.07, 6.45) is 1.39. The number of hydrogen-bond donors (Lipinski definition) is 3. The van der Waals surface area contributed by atoms with E-state index >= 15 is 0 Å². The van der Waals surface area contributed by atoms with E-state index in [1.165, 1.54) is 18.3 Å². The number of benzene rings is 2. The van der Waals surface area contributed by atoms with E-state index in [1.807, 2.05) is 49.4 Å². The molecular weight excluding hydrogens is 454 g/mol. The van der Waals surface area contributed by atoms with Crippen LogP contribution in [0.3, 0.4) is 0 Å². The van der Waals surface area contributed by atoms with E-state index in [-0.39, 0.29) is 12.2 Å². The van der Waals surface area contributed by atoms with Crippen LogP contribution < -0.4 is 16.2 Å². The zero-order valence-corrected chi connectivity index (χ0v) is 18.9. The normalized spacial score (nSPS) is 10.5. The maximum Gasteiger partial charge on any atom is 0.270 e. The molecule has 0 atom stereocenters. The van der Waals surface area contributed by atoms with Gasteiger partial charge in [-0.25, -0.2) is 4.98 Å². The number of nitrogens with zero attached hydrogens (tertiary/aromatic N) is 2. The molecule has 4 rings (SSSR count). The molecule has 4 aromatic rings. The number of aryl methyl sites for hydroxylation is 1. The molecular formula is C25H20ClN5O3. The topological polar surface area (TPSA) is 113 Å². The average molecular weight is 474 g/mol. The van der Waals surface area contributed by atoms with E-state index in [0.29, 0.717) is 27.2 Å². The first-order valence-corrected chi connectivity index (χ1v) is 10.7. The molecule has 0 bridgehead atoms. The summed E-state index contributed by atoms with van der Waals surface area (Å²) < 4.78 is 0. The number of para-hydroxylation sites is 1. The van der Waals surface area contributed by atoms with Gasteiger partial charge in [-0.05, 0) is 31.2 Å². The Morgan fingerprint density at radius 1 is 0.912 bits per heavy atom. The summed E-state index contributed by atoms with van der Waals surface area (Å²) in [6.45, 7) is 1.63. The number of aromatic nitrogens is 2. The molecule has 0 radical (unpaired) electrons. The van der Waals surface area contributed by atoms with Crippen LogP contribution in [0.2, 0.25) is 5.02 Å². The van der Waals surface area contributed by atoms with E-state index in [2.05, 4.69) is 26.1 Å². The molecule has 0 aliphatic rings. The molecule has 3 amide bonds. The molecule has 0 aliphatic heterocycles. The second kappa shape index (κ2) is 10.1. The van der Waals surface area contributed by atoms with Gasteiger partial charge in [0.2, 0.25) is 0 Å². The van der Waals surface area contributed by atoms with Gasteiger partial charge in [0.15, 0.2) is 0 Å². The first-order chi connectivity index (χ1) is 16.4. The number of carbonyl (C=O) groups is 3. The fraction of sp³-hybridized carbons (Fsp3) is 0.0800. The number of nitrogens with one attached hydrogen (secondary N) is 3. The highest BCUT2D eigenvalue weighted by atomic mass is 35.5. The molecule has 9 heteroatoms. The van der Waals surface area contributed by atoms with Gasteiger partial charge < -0.3 is 5.32 Å². The lowest BCUT2D eigenvalue weighted by Gasteiger charge is -2.12. The van der Waals surface area contributed by atoms with Crippen molar-refractivity contribution in [3.8, 4) is 11.3 Å². The highest BCUT2D eigenvalue weighted by Gasteiger charge is 2.15. The molecule has 0 saturated heterocycles. The van der Waals surface area contributed by atoms with E-state index in [4.69, 9.17) is 11.6 Å². The van der Waals surface area contributed by atoms with Crippen LogP contribution in [-0.2, 0) is 4.79 Å². The number of rotatable bonds is 5. The minimum Gasteiger partial charge on any atom is -0.342 e. The van der Waals surface area contributed by atoms with Crippen molar-refractivity contribution in [2.24, 2.45) is 0 Å². The first-order valence-electron chi connectivity index (χ1n) is 10.4. The second-order valence-electron chi connectivity index (χ2n) is 7.48. The highest BCUT2D eigenvalue weighted by molar-refractivity contribution is 6.30. The molecule has 0 unspecified atom stereocenters. The van der Waals surface area contributed by atoms with E-state index in [9.17, 15) is 14.4 Å². The Hall–Kier alpha value is -4.30. The molecule has 3 N–H and O–H groups in total. The summed E-state index contributed by atoms with van der Waals surface area (Å²) in [6, 6.07) is 19.7. The van der Waals surface area contributed by atoms with E-state index < -0.39 is 17.7 Å². The summed E-state index contributed by atoms with van der Waals surface area (Å²) >= 11 is 5.84. The van der Waals surface area contributed by atoms with Crippen LogP contribution in [0.5, 0.6) is 0 Å². The fourth-order valence-electron chi connectivity index (χ4n) is 3.25. The number of carbonyl (C=O) groups excluding carboxylic acids is 3. The Morgan fingerprint density at radius 2 is 1.68 bits per heavy atom. The monoisotopic (exact) mass is 473 g/mol. The standard InChI is InChI=1S/C25H20ClN5O3/c1-15-6-8-16(9-7-15)21-13-19(18-4-2-3-5-20(18)29-21)24(33)31-30-23(32)14-28-25(34)22-12-17(26)10-11-27-22/h2-13H,14H2,1H3,(H,28,34)(H,30,32)(H,31,33). The van der Waals surface area contributed by atoms with Crippen molar-refractivity contribution < 1.29 is 14.4 Å². The Balaban J connectivity index is 1.45. The Labute approximate surface area is 200 Å². The van der Waals surface area contributed by atoms with Crippen LogP contribution in [0.1, 0.15) is 26.4 Å². The van der Waals surface area contributed by atoms with Gasteiger partial charge in [0, 0.05) is 22.2 Å². The first kappa shape index (κ1) is 22.9. The third-order valence-electron chi connectivity index (χ3n) is 4.99. The lowest BCUT2D eigenvalue weighted by atomic mass is 10.0. The summed E-state index contributed by atoms with van der Waals surface area (Å²) in [5.74, 6) is -1.68. The lowest BCUT2D eigenvalue weighted by molar-refractivity contribution is -0.120. The SMILES string of the molecule is Cc1ccc(-c2cc(C(=O)NNC(=O)CNC(=O)c3cc(Cl)ccn3)c3ccccc3n2)cc1. The van der Waals surface area contributed by atoms with Gasteiger partial charge in [-0.1, -0.05) is 59.6 Å². The zero-order chi connectivity index (χ0) is 24.1. The maximum atomic E-state index is 12.9. The van der Waals surface area contributed by atoms with Gasteiger partial charge >= 0.3 is 0 Å². The molecule has 0 fully saturated rings. The van der Waals surface area contributed by atoms with E-state index in [1.54, 1.807) is 12.1 Å². The number of hydrogen-bond acceptors (Lipinski definition) is 5. The van der Waals surface area contributed by atoms with Gasteiger partial charge in [-0.3, -0.25) is 30.2 Å². The average Bonchev–Trinajstić information content (AvgIpc) is 2.85. The summed E-state index contributed by atoms with van der Waals surface area (Å²) in [7, 11) is 0. The van der Waals surface area contributed by atoms with Crippen LogP contribution in [0, 0.1) is 6.92 Å². The van der Waals surface area contributed by atoms with Gasteiger partial charge in [-0.15, -0.1) is 0 Å². The Morgan fingerprint density at radius 3 is 2.44 bits per heavy atom. The van der Waals surface area contributed by atoms with E-state index in [0.717, 1.165) is 11.1 Å². The number of halogens is 1. The van der Waals surface area contributed by atoms with Crippen LogP contribution in [-0.4, -0.2) is 34.2 Å². The third-order valence-corrected chi connectivity index (χ3v) is 5.22. The van der Waals surface area contributed by atoms with Crippen LogP contribution >= 0.6 is 11.6 Å². The maximum absolute atomic E-state index is 12.9. The van der Waals surface area contributed by atoms with Crippen molar-refractivity contribution in [3.63, 3.8) is 0 Å². The quantitative estimate of drug-likeness (QED) is 0.384.